The van der Waals surface area contributed by atoms with Crippen LogP contribution in [0.3, 0.4) is 0 Å². The van der Waals surface area contributed by atoms with Crippen LogP contribution in [0, 0.1) is 13.8 Å². The Bertz CT molecular complexity index is 927. The van der Waals surface area contributed by atoms with Crippen molar-refractivity contribution in [1.29, 1.82) is 0 Å². The van der Waals surface area contributed by atoms with Crippen molar-refractivity contribution in [2.45, 2.75) is 33.4 Å². The largest absolute Gasteiger partial charge is 0.340 e. The third-order valence-electron chi connectivity index (χ3n) is 4.38. The molecular formula is C20H25ClN2O3S. The molecule has 7 heteroatoms. The Balaban J connectivity index is 2.31. The van der Waals surface area contributed by atoms with Crippen molar-refractivity contribution in [3.8, 4) is 0 Å². The lowest BCUT2D eigenvalue weighted by atomic mass is 10.1. The topological polar surface area (TPSA) is 57.7 Å². The predicted molar refractivity (Wildman–Crippen MR) is 111 cm³/mol. The highest BCUT2D eigenvalue weighted by Gasteiger charge is 2.31. The maximum absolute atomic E-state index is 13.0. The van der Waals surface area contributed by atoms with Crippen molar-refractivity contribution in [3.63, 3.8) is 0 Å². The van der Waals surface area contributed by atoms with Gasteiger partial charge in [0.15, 0.2) is 0 Å². The number of carbonyl (C=O) groups is 1. The number of hydrogen-bond donors (Lipinski definition) is 0. The first-order valence-electron chi connectivity index (χ1n) is 8.57. The van der Waals surface area contributed by atoms with E-state index in [0.717, 1.165) is 22.9 Å². The lowest BCUT2D eigenvalue weighted by Gasteiger charge is -2.32. The predicted octanol–water partition coefficient (Wildman–Crippen LogP) is 3.77. The quantitative estimate of drug-likeness (QED) is 0.731. The summed E-state index contributed by atoms with van der Waals surface area (Å²) in [5.74, 6) is -0.281. The molecule has 2 rings (SSSR count). The Morgan fingerprint density at radius 3 is 2.26 bits per heavy atom. The maximum atomic E-state index is 13.0. The second kappa shape index (κ2) is 8.31. The minimum Gasteiger partial charge on any atom is -0.340 e. The number of aryl methyl sites for hydroxylation is 2. The van der Waals surface area contributed by atoms with E-state index in [-0.39, 0.29) is 5.91 Å². The van der Waals surface area contributed by atoms with Gasteiger partial charge in [-0.15, -0.1) is 0 Å². The number of halogens is 1. The van der Waals surface area contributed by atoms with Gasteiger partial charge in [-0.2, -0.15) is 0 Å². The molecule has 0 aromatic heterocycles. The van der Waals surface area contributed by atoms with Crippen LogP contribution in [-0.2, 0) is 21.4 Å². The van der Waals surface area contributed by atoms with Gasteiger partial charge < -0.3 is 4.90 Å². The molecule has 2 aromatic carbocycles. The van der Waals surface area contributed by atoms with E-state index in [1.165, 1.54) is 9.21 Å². The van der Waals surface area contributed by atoms with E-state index < -0.39 is 16.1 Å². The van der Waals surface area contributed by atoms with Gasteiger partial charge in [-0.25, -0.2) is 8.42 Å². The number of amides is 1. The normalized spacial score (nSPS) is 12.5. The van der Waals surface area contributed by atoms with Gasteiger partial charge in [-0.05, 0) is 55.7 Å². The number of carbonyl (C=O) groups excluding carboxylic acids is 1. The third kappa shape index (κ3) is 5.23. The molecule has 5 nitrogen and oxygen atoms in total. The summed E-state index contributed by atoms with van der Waals surface area (Å²) in [7, 11) is -1.98. The molecule has 2 aromatic rings. The highest BCUT2D eigenvalue weighted by Crippen LogP contribution is 2.27. The second-order valence-electron chi connectivity index (χ2n) is 6.85. The molecule has 0 radical (unpaired) electrons. The molecule has 0 aliphatic rings. The maximum Gasteiger partial charge on any atom is 0.246 e. The highest BCUT2D eigenvalue weighted by atomic mass is 35.5. The second-order valence-corrected chi connectivity index (χ2v) is 9.14. The Morgan fingerprint density at radius 2 is 1.70 bits per heavy atom. The van der Waals surface area contributed by atoms with Crippen LogP contribution in [0.25, 0.3) is 0 Å². The fraction of sp³-hybridized carbons (Fsp3) is 0.350. The number of likely N-dealkylation sites (N-methyl/N-ethyl adjacent to an activating group) is 1. The molecule has 0 N–H and O–H groups in total. The van der Waals surface area contributed by atoms with Gasteiger partial charge >= 0.3 is 0 Å². The van der Waals surface area contributed by atoms with Gasteiger partial charge in [0.05, 0.1) is 11.9 Å². The molecule has 0 saturated heterocycles. The minimum absolute atomic E-state index is 0.281. The summed E-state index contributed by atoms with van der Waals surface area (Å²) in [5, 5.41) is 0.624. The zero-order valence-corrected chi connectivity index (χ0v) is 17.8. The lowest BCUT2D eigenvalue weighted by Crippen LogP contribution is -2.48. The van der Waals surface area contributed by atoms with E-state index >= 15 is 0 Å². The SMILES string of the molecule is Cc1ccc(C)c(N([C@H](C)C(=O)N(C)Cc2ccc(Cl)cc2)S(C)(=O)=O)c1. The molecule has 27 heavy (non-hydrogen) atoms. The highest BCUT2D eigenvalue weighted by molar-refractivity contribution is 7.92. The first kappa shape index (κ1) is 21.3. The fourth-order valence-electron chi connectivity index (χ4n) is 2.99. The van der Waals surface area contributed by atoms with Crippen LogP contribution in [0.2, 0.25) is 5.02 Å². The molecule has 0 spiro atoms. The van der Waals surface area contributed by atoms with Crippen molar-refractivity contribution < 1.29 is 13.2 Å². The number of anilines is 1. The standard InChI is InChI=1S/C20H25ClN2O3S/c1-14-6-7-15(2)19(12-14)23(27(5,25)26)16(3)20(24)22(4)13-17-8-10-18(21)11-9-17/h6-12,16H,13H2,1-5H3/t16-/m1/s1. The van der Waals surface area contributed by atoms with Gasteiger partial charge in [0, 0.05) is 18.6 Å². The first-order valence-corrected chi connectivity index (χ1v) is 10.8. The molecular weight excluding hydrogens is 384 g/mol. The fourth-order valence-corrected chi connectivity index (χ4v) is 4.34. The van der Waals surface area contributed by atoms with Crippen LogP contribution >= 0.6 is 11.6 Å². The summed E-state index contributed by atoms with van der Waals surface area (Å²) < 4.78 is 26.2. The number of sulfonamides is 1. The summed E-state index contributed by atoms with van der Waals surface area (Å²) in [6, 6.07) is 11.9. The molecule has 1 atom stereocenters. The summed E-state index contributed by atoms with van der Waals surface area (Å²) in [6.07, 6.45) is 1.12. The Kier molecular flexibility index (Phi) is 6.54. The van der Waals surface area contributed by atoms with Crippen molar-refractivity contribution in [2.24, 2.45) is 0 Å². The van der Waals surface area contributed by atoms with Crippen LogP contribution in [0.15, 0.2) is 42.5 Å². The summed E-state index contributed by atoms with van der Waals surface area (Å²) in [5.41, 5.74) is 3.17. The Labute approximate surface area is 166 Å². The average Bonchev–Trinajstić information content (AvgIpc) is 2.58. The monoisotopic (exact) mass is 408 g/mol. The first-order chi connectivity index (χ1) is 12.5. The molecule has 0 bridgehead atoms. The molecule has 0 unspecified atom stereocenters. The van der Waals surface area contributed by atoms with E-state index in [4.69, 9.17) is 11.6 Å². The molecule has 0 aliphatic heterocycles. The molecule has 1 amide bonds. The van der Waals surface area contributed by atoms with Gasteiger partial charge in [-0.1, -0.05) is 35.9 Å². The number of nitrogens with zero attached hydrogens (tertiary/aromatic N) is 2. The molecule has 0 fully saturated rings. The van der Waals surface area contributed by atoms with Gasteiger partial charge in [0.1, 0.15) is 6.04 Å². The van der Waals surface area contributed by atoms with E-state index in [1.54, 1.807) is 32.2 Å². The van der Waals surface area contributed by atoms with E-state index in [1.807, 2.05) is 38.1 Å². The lowest BCUT2D eigenvalue weighted by molar-refractivity contribution is -0.131. The van der Waals surface area contributed by atoms with Crippen molar-refractivity contribution in [1.82, 2.24) is 4.90 Å². The molecule has 0 aliphatic carbocycles. The summed E-state index contributed by atoms with van der Waals surface area (Å²) in [4.78, 5) is 14.5. The third-order valence-corrected chi connectivity index (χ3v) is 5.86. The number of rotatable bonds is 6. The van der Waals surface area contributed by atoms with Crippen LogP contribution in [0.1, 0.15) is 23.6 Å². The van der Waals surface area contributed by atoms with Crippen molar-refractivity contribution in [3.05, 3.63) is 64.2 Å². The Hall–Kier alpha value is -2.05. The zero-order chi connectivity index (χ0) is 20.4. The van der Waals surface area contributed by atoms with E-state index in [9.17, 15) is 13.2 Å². The number of hydrogen-bond acceptors (Lipinski definition) is 3. The van der Waals surface area contributed by atoms with Gasteiger partial charge in [0.2, 0.25) is 15.9 Å². The smallest absolute Gasteiger partial charge is 0.246 e. The van der Waals surface area contributed by atoms with E-state index in [0.29, 0.717) is 17.3 Å². The number of benzene rings is 2. The molecule has 146 valence electrons. The van der Waals surface area contributed by atoms with E-state index in [2.05, 4.69) is 0 Å². The summed E-state index contributed by atoms with van der Waals surface area (Å²) >= 11 is 5.89. The van der Waals surface area contributed by atoms with Gasteiger partial charge in [0.25, 0.3) is 0 Å². The van der Waals surface area contributed by atoms with Crippen LogP contribution < -0.4 is 4.31 Å². The Morgan fingerprint density at radius 1 is 1.11 bits per heavy atom. The van der Waals surface area contributed by atoms with Crippen molar-refractivity contribution >= 4 is 33.2 Å². The van der Waals surface area contributed by atoms with Crippen molar-refractivity contribution in [2.75, 3.05) is 17.6 Å². The van der Waals surface area contributed by atoms with Crippen LogP contribution in [-0.4, -0.2) is 38.6 Å². The minimum atomic E-state index is -3.65. The zero-order valence-electron chi connectivity index (χ0n) is 16.2. The molecule has 0 heterocycles. The average molecular weight is 409 g/mol. The van der Waals surface area contributed by atoms with Gasteiger partial charge in [-0.3, -0.25) is 9.10 Å². The molecule has 0 saturated carbocycles. The van der Waals surface area contributed by atoms with Crippen LogP contribution in [0.5, 0.6) is 0 Å². The van der Waals surface area contributed by atoms with Crippen LogP contribution in [0.4, 0.5) is 5.69 Å². The summed E-state index contributed by atoms with van der Waals surface area (Å²) in [6.45, 7) is 5.71.